The molecule has 1 saturated heterocycles. The standard InChI is InChI=1S/C14H15FN2O3/c15-10-3-1-2-9(6-10)13(18)16-7-12-8-17(11-4-5-11)14(19)20-12/h1-3,6,11-12H,4-5,7-8H2,(H,16,18). The lowest BCUT2D eigenvalue weighted by Crippen LogP contribution is -2.35. The molecule has 3 rings (SSSR count). The molecule has 1 aliphatic carbocycles. The van der Waals surface area contributed by atoms with E-state index in [0.717, 1.165) is 12.8 Å². The number of rotatable bonds is 4. The summed E-state index contributed by atoms with van der Waals surface area (Å²) in [5.74, 6) is -0.824. The van der Waals surface area contributed by atoms with Crippen molar-refractivity contribution in [2.24, 2.45) is 0 Å². The summed E-state index contributed by atoms with van der Waals surface area (Å²) in [6, 6.07) is 5.78. The van der Waals surface area contributed by atoms with Gasteiger partial charge in [-0.15, -0.1) is 0 Å². The molecule has 6 heteroatoms. The van der Waals surface area contributed by atoms with Crippen molar-refractivity contribution >= 4 is 12.0 Å². The van der Waals surface area contributed by atoms with E-state index >= 15 is 0 Å². The number of hydrogen-bond acceptors (Lipinski definition) is 3. The Morgan fingerprint density at radius 1 is 1.45 bits per heavy atom. The second-order valence-corrected chi connectivity index (χ2v) is 5.11. The van der Waals surface area contributed by atoms with Crippen LogP contribution in [0.5, 0.6) is 0 Å². The quantitative estimate of drug-likeness (QED) is 0.909. The van der Waals surface area contributed by atoms with E-state index in [1.807, 2.05) is 0 Å². The zero-order valence-corrected chi connectivity index (χ0v) is 10.8. The lowest BCUT2D eigenvalue weighted by molar-refractivity contribution is 0.0914. The third-order valence-corrected chi connectivity index (χ3v) is 3.47. The molecule has 1 atom stereocenters. The number of nitrogens with one attached hydrogen (secondary N) is 1. The maximum Gasteiger partial charge on any atom is 0.410 e. The van der Waals surface area contributed by atoms with Crippen molar-refractivity contribution < 1.29 is 18.7 Å². The Kier molecular flexibility index (Phi) is 3.30. The Morgan fingerprint density at radius 2 is 2.25 bits per heavy atom. The Labute approximate surface area is 115 Å². The van der Waals surface area contributed by atoms with Crippen LogP contribution < -0.4 is 5.32 Å². The van der Waals surface area contributed by atoms with Crippen molar-refractivity contribution in [3.8, 4) is 0 Å². The predicted octanol–water partition coefficient (Wildman–Crippen LogP) is 1.54. The zero-order chi connectivity index (χ0) is 14.1. The van der Waals surface area contributed by atoms with Gasteiger partial charge in [0, 0.05) is 11.6 Å². The number of cyclic esters (lactones) is 1. The van der Waals surface area contributed by atoms with Crippen LogP contribution in [0, 0.1) is 5.82 Å². The number of carbonyl (C=O) groups is 2. The number of benzene rings is 1. The topological polar surface area (TPSA) is 58.6 Å². The fourth-order valence-electron chi connectivity index (χ4n) is 2.27. The minimum atomic E-state index is -0.454. The lowest BCUT2D eigenvalue weighted by atomic mass is 10.2. The minimum Gasteiger partial charge on any atom is -0.442 e. The first-order chi connectivity index (χ1) is 9.63. The van der Waals surface area contributed by atoms with Gasteiger partial charge >= 0.3 is 6.09 Å². The fraction of sp³-hybridized carbons (Fsp3) is 0.429. The van der Waals surface area contributed by atoms with E-state index in [0.29, 0.717) is 12.6 Å². The molecule has 2 amide bonds. The third kappa shape index (κ3) is 2.74. The molecule has 1 heterocycles. The monoisotopic (exact) mass is 278 g/mol. The van der Waals surface area contributed by atoms with Crippen LogP contribution in [0.1, 0.15) is 23.2 Å². The average molecular weight is 278 g/mol. The van der Waals surface area contributed by atoms with E-state index in [-0.39, 0.29) is 30.2 Å². The number of amides is 2. The molecular weight excluding hydrogens is 263 g/mol. The van der Waals surface area contributed by atoms with Gasteiger partial charge in [0.15, 0.2) is 0 Å². The van der Waals surface area contributed by atoms with Gasteiger partial charge in [-0.2, -0.15) is 0 Å². The smallest absolute Gasteiger partial charge is 0.410 e. The highest BCUT2D eigenvalue weighted by Gasteiger charge is 2.40. The van der Waals surface area contributed by atoms with Crippen LogP contribution in [-0.4, -0.2) is 42.1 Å². The summed E-state index contributed by atoms with van der Waals surface area (Å²) in [7, 11) is 0. The molecule has 1 N–H and O–H groups in total. The van der Waals surface area contributed by atoms with E-state index in [9.17, 15) is 14.0 Å². The molecule has 0 spiro atoms. The van der Waals surface area contributed by atoms with Crippen molar-refractivity contribution in [3.05, 3.63) is 35.6 Å². The maximum atomic E-state index is 13.0. The van der Waals surface area contributed by atoms with E-state index in [2.05, 4.69) is 5.32 Å². The lowest BCUT2D eigenvalue weighted by Gasteiger charge is -2.11. The minimum absolute atomic E-state index is 0.240. The van der Waals surface area contributed by atoms with E-state index in [4.69, 9.17) is 4.74 Å². The summed E-state index contributed by atoms with van der Waals surface area (Å²) in [5.41, 5.74) is 0.258. The molecule has 0 radical (unpaired) electrons. The van der Waals surface area contributed by atoms with Crippen molar-refractivity contribution in [2.75, 3.05) is 13.1 Å². The predicted molar refractivity (Wildman–Crippen MR) is 68.7 cm³/mol. The van der Waals surface area contributed by atoms with E-state index < -0.39 is 5.82 Å². The highest BCUT2D eigenvalue weighted by atomic mass is 19.1. The Hall–Kier alpha value is -2.11. The molecule has 106 valence electrons. The summed E-state index contributed by atoms with van der Waals surface area (Å²) in [6.45, 7) is 0.747. The van der Waals surface area contributed by atoms with Gasteiger partial charge in [-0.25, -0.2) is 9.18 Å². The molecule has 0 bridgehead atoms. The van der Waals surface area contributed by atoms with Crippen LogP contribution in [0.3, 0.4) is 0 Å². The first-order valence-corrected chi connectivity index (χ1v) is 6.64. The molecule has 1 aromatic carbocycles. The number of nitrogens with zero attached hydrogens (tertiary/aromatic N) is 1. The first kappa shape index (κ1) is 12.9. The number of halogens is 1. The van der Waals surface area contributed by atoms with Crippen LogP contribution in [0.15, 0.2) is 24.3 Å². The van der Waals surface area contributed by atoms with Crippen LogP contribution >= 0.6 is 0 Å². The molecular formula is C14H15FN2O3. The Morgan fingerprint density at radius 3 is 2.95 bits per heavy atom. The second kappa shape index (κ2) is 5.11. The second-order valence-electron chi connectivity index (χ2n) is 5.11. The molecule has 2 aliphatic rings. The first-order valence-electron chi connectivity index (χ1n) is 6.64. The molecule has 0 aromatic heterocycles. The summed E-state index contributed by atoms with van der Waals surface area (Å²) in [6.07, 6.45) is 1.41. The van der Waals surface area contributed by atoms with Crippen LogP contribution in [0.2, 0.25) is 0 Å². The highest BCUT2D eigenvalue weighted by Crippen LogP contribution is 2.30. The molecule has 1 aromatic rings. The molecule has 1 unspecified atom stereocenters. The van der Waals surface area contributed by atoms with Crippen molar-refractivity contribution in [2.45, 2.75) is 25.0 Å². The largest absolute Gasteiger partial charge is 0.442 e. The average Bonchev–Trinajstić information content (AvgIpc) is 3.20. The SMILES string of the molecule is O=C(NCC1CN(C2CC2)C(=O)O1)c1cccc(F)c1. The highest BCUT2D eigenvalue weighted by molar-refractivity contribution is 5.94. The molecule has 1 saturated carbocycles. The van der Waals surface area contributed by atoms with E-state index in [1.54, 1.807) is 4.90 Å². The van der Waals surface area contributed by atoms with Crippen LogP contribution in [-0.2, 0) is 4.74 Å². The van der Waals surface area contributed by atoms with E-state index in [1.165, 1.54) is 24.3 Å². The van der Waals surface area contributed by atoms with Gasteiger partial charge < -0.3 is 15.0 Å². The van der Waals surface area contributed by atoms with Crippen LogP contribution in [0.4, 0.5) is 9.18 Å². The van der Waals surface area contributed by atoms with Gasteiger partial charge in [-0.1, -0.05) is 6.07 Å². The molecule has 2 fully saturated rings. The summed E-state index contributed by atoms with van der Waals surface area (Å²) in [5, 5.41) is 2.66. The Balaban J connectivity index is 1.52. The van der Waals surface area contributed by atoms with Gasteiger partial charge in [0.1, 0.15) is 11.9 Å². The third-order valence-electron chi connectivity index (χ3n) is 3.47. The van der Waals surface area contributed by atoms with Crippen molar-refractivity contribution in [1.29, 1.82) is 0 Å². The molecule has 5 nitrogen and oxygen atoms in total. The van der Waals surface area contributed by atoms with Gasteiger partial charge in [-0.05, 0) is 31.0 Å². The normalized spacial score (nSPS) is 21.8. The van der Waals surface area contributed by atoms with Crippen LogP contribution in [0.25, 0.3) is 0 Å². The maximum absolute atomic E-state index is 13.0. The number of ether oxygens (including phenoxy) is 1. The zero-order valence-electron chi connectivity index (χ0n) is 10.8. The summed E-state index contributed by atoms with van der Waals surface area (Å²) < 4.78 is 18.2. The van der Waals surface area contributed by atoms with Gasteiger partial charge in [0.05, 0.1) is 13.1 Å². The molecule has 1 aliphatic heterocycles. The Bertz CT molecular complexity index is 545. The van der Waals surface area contributed by atoms with Gasteiger partial charge in [0.25, 0.3) is 5.91 Å². The summed E-state index contributed by atoms with van der Waals surface area (Å²) in [4.78, 5) is 25.1. The number of carbonyl (C=O) groups excluding carboxylic acids is 2. The van der Waals surface area contributed by atoms with Gasteiger partial charge in [0.2, 0.25) is 0 Å². The van der Waals surface area contributed by atoms with Gasteiger partial charge in [-0.3, -0.25) is 4.79 Å². The van der Waals surface area contributed by atoms with Crippen molar-refractivity contribution in [3.63, 3.8) is 0 Å². The van der Waals surface area contributed by atoms with Crippen molar-refractivity contribution in [1.82, 2.24) is 10.2 Å². The molecule has 20 heavy (non-hydrogen) atoms. The summed E-state index contributed by atoms with van der Waals surface area (Å²) >= 11 is 0. The number of hydrogen-bond donors (Lipinski definition) is 1. The fourth-order valence-corrected chi connectivity index (χ4v) is 2.27.